The van der Waals surface area contributed by atoms with Crippen molar-refractivity contribution in [1.29, 1.82) is 0 Å². The Morgan fingerprint density at radius 1 is 1.20 bits per heavy atom. The maximum atomic E-state index is 4.28. The third-order valence-electron chi connectivity index (χ3n) is 3.21. The van der Waals surface area contributed by atoms with Crippen molar-refractivity contribution in [3.8, 4) is 0 Å². The van der Waals surface area contributed by atoms with E-state index in [1.807, 2.05) is 19.3 Å². The van der Waals surface area contributed by atoms with E-state index in [1.165, 1.54) is 25.7 Å². The molecule has 1 heterocycles. The van der Waals surface area contributed by atoms with Gasteiger partial charge in [0.15, 0.2) is 0 Å². The van der Waals surface area contributed by atoms with E-state index >= 15 is 0 Å². The van der Waals surface area contributed by atoms with E-state index in [2.05, 4.69) is 22.2 Å². The molecule has 0 aromatic carbocycles. The third kappa shape index (κ3) is 2.67. The summed E-state index contributed by atoms with van der Waals surface area (Å²) in [5.41, 5.74) is 1.11. The molecule has 1 saturated carbocycles. The van der Waals surface area contributed by atoms with E-state index in [4.69, 9.17) is 0 Å². The second-order valence-corrected chi connectivity index (χ2v) is 4.60. The summed E-state index contributed by atoms with van der Waals surface area (Å²) < 4.78 is 0. The molecule has 0 spiro atoms. The largest absolute Gasteiger partial charge is 0.351 e. The average Bonchev–Trinajstić information content (AvgIpc) is 2.25. The van der Waals surface area contributed by atoms with E-state index in [0.29, 0.717) is 6.04 Å². The van der Waals surface area contributed by atoms with Gasteiger partial charge in [0.1, 0.15) is 0 Å². The molecule has 0 amide bonds. The van der Waals surface area contributed by atoms with Gasteiger partial charge in [-0.3, -0.25) is 0 Å². The van der Waals surface area contributed by atoms with E-state index in [0.717, 1.165) is 17.4 Å². The third-order valence-corrected chi connectivity index (χ3v) is 3.21. The molecule has 2 rings (SSSR count). The first-order chi connectivity index (χ1) is 7.25. The zero-order valence-electron chi connectivity index (χ0n) is 9.53. The van der Waals surface area contributed by atoms with Crippen LogP contribution in [-0.4, -0.2) is 16.0 Å². The van der Waals surface area contributed by atoms with Gasteiger partial charge in [0.2, 0.25) is 5.95 Å². The Hall–Kier alpha value is -1.12. The molecule has 15 heavy (non-hydrogen) atoms. The van der Waals surface area contributed by atoms with Gasteiger partial charge in [-0.05, 0) is 31.2 Å². The molecular weight excluding hydrogens is 186 g/mol. The molecular formula is C12H19N3. The maximum absolute atomic E-state index is 4.28. The van der Waals surface area contributed by atoms with Crippen LogP contribution >= 0.6 is 0 Å². The van der Waals surface area contributed by atoms with E-state index in [9.17, 15) is 0 Å². The zero-order valence-corrected chi connectivity index (χ0v) is 9.53. The molecule has 1 aromatic rings. The van der Waals surface area contributed by atoms with Crippen LogP contribution < -0.4 is 5.32 Å². The molecule has 1 fully saturated rings. The molecule has 0 saturated heterocycles. The molecule has 3 nitrogen and oxygen atoms in total. The first-order valence-corrected chi connectivity index (χ1v) is 5.81. The number of hydrogen-bond donors (Lipinski definition) is 1. The lowest BCUT2D eigenvalue weighted by atomic mass is 9.86. The SMILES string of the molecule is Cc1cnc(NC2CCCCC2C)nc1. The summed E-state index contributed by atoms with van der Waals surface area (Å²) in [6.45, 7) is 4.32. The number of rotatable bonds is 2. The minimum Gasteiger partial charge on any atom is -0.351 e. The van der Waals surface area contributed by atoms with Gasteiger partial charge in [-0.15, -0.1) is 0 Å². The Kier molecular flexibility index (Phi) is 3.19. The fraction of sp³-hybridized carbons (Fsp3) is 0.667. The smallest absolute Gasteiger partial charge is 0.222 e. The highest BCUT2D eigenvalue weighted by molar-refractivity contribution is 5.26. The van der Waals surface area contributed by atoms with Crippen LogP contribution in [0.4, 0.5) is 5.95 Å². The average molecular weight is 205 g/mol. The van der Waals surface area contributed by atoms with Crippen LogP contribution in [0.2, 0.25) is 0 Å². The molecule has 1 aliphatic rings. The summed E-state index contributed by atoms with van der Waals surface area (Å²) in [6, 6.07) is 0.557. The van der Waals surface area contributed by atoms with Crippen LogP contribution in [0.1, 0.15) is 38.2 Å². The number of nitrogens with one attached hydrogen (secondary N) is 1. The van der Waals surface area contributed by atoms with Crippen molar-refractivity contribution in [1.82, 2.24) is 9.97 Å². The quantitative estimate of drug-likeness (QED) is 0.806. The van der Waals surface area contributed by atoms with Gasteiger partial charge in [-0.2, -0.15) is 0 Å². The van der Waals surface area contributed by atoms with Crippen molar-refractivity contribution in [3.63, 3.8) is 0 Å². The summed E-state index contributed by atoms with van der Waals surface area (Å²) >= 11 is 0. The monoisotopic (exact) mass is 205 g/mol. The van der Waals surface area contributed by atoms with E-state index in [-0.39, 0.29) is 0 Å². The number of aryl methyl sites for hydroxylation is 1. The van der Waals surface area contributed by atoms with Crippen LogP contribution in [0.15, 0.2) is 12.4 Å². The Balaban J connectivity index is 1.98. The number of nitrogens with zero attached hydrogens (tertiary/aromatic N) is 2. The van der Waals surface area contributed by atoms with Gasteiger partial charge in [0.25, 0.3) is 0 Å². The van der Waals surface area contributed by atoms with Gasteiger partial charge in [0.05, 0.1) is 0 Å². The molecule has 82 valence electrons. The Labute approximate surface area is 91.3 Å². The fourth-order valence-electron chi connectivity index (χ4n) is 2.16. The van der Waals surface area contributed by atoms with Crippen LogP contribution in [0.3, 0.4) is 0 Å². The van der Waals surface area contributed by atoms with Gasteiger partial charge < -0.3 is 5.32 Å². The molecule has 2 unspecified atom stereocenters. The number of hydrogen-bond acceptors (Lipinski definition) is 3. The van der Waals surface area contributed by atoms with Crippen molar-refractivity contribution in [3.05, 3.63) is 18.0 Å². The normalized spacial score (nSPS) is 26.3. The van der Waals surface area contributed by atoms with Crippen LogP contribution in [0.5, 0.6) is 0 Å². The highest BCUT2D eigenvalue weighted by Gasteiger charge is 2.21. The topological polar surface area (TPSA) is 37.8 Å². The lowest BCUT2D eigenvalue weighted by molar-refractivity contribution is 0.348. The second-order valence-electron chi connectivity index (χ2n) is 4.60. The summed E-state index contributed by atoms with van der Waals surface area (Å²) in [7, 11) is 0. The molecule has 3 heteroatoms. The van der Waals surface area contributed by atoms with Crippen molar-refractivity contribution in [2.75, 3.05) is 5.32 Å². The summed E-state index contributed by atoms with van der Waals surface area (Å²) in [5.74, 6) is 1.52. The number of aromatic nitrogens is 2. The Bertz CT molecular complexity index is 307. The summed E-state index contributed by atoms with van der Waals surface area (Å²) in [4.78, 5) is 8.57. The van der Waals surface area contributed by atoms with Crippen molar-refractivity contribution < 1.29 is 0 Å². The standard InChI is InChI=1S/C12H19N3/c1-9-7-13-12(14-8-9)15-11-6-4-3-5-10(11)2/h7-8,10-11H,3-6H2,1-2H3,(H,13,14,15). The predicted octanol–water partition coefficient (Wildman–Crippen LogP) is 2.78. The molecule has 1 aromatic heterocycles. The van der Waals surface area contributed by atoms with Gasteiger partial charge in [-0.25, -0.2) is 9.97 Å². The highest BCUT2D eigenvalue weighted by atomic mass is 15.1. The van der Waals surface area contributed by atoms with Crippen LogP contribution in [0.25, 0.3) is 0 Å². The Morgan fingerprint density at radius 3 is 2.53 bits per heavy atom. The minimum absolute atomic E-state index is 0.557. The maximum Gasteiger partial charge on any atom is 0.222 e. The molecule has 0 bridgehead atoms. The van der Waals surface area contributed by atoms with Gasteiger partial charge in [0, 0.05) is 18.4 Å². The molecule has 2 atom stereocenters. The minimum atomic E-state index is 0.557. The van der Waals surface area contributed by atoms with Crippen molar-refractivity contribution in [2.24, 2.45) is 5.92 Å². The summed E-state index contributed by atoms with van der Waals surface area (Å²) in [5, 5.41) is 3.44. The first-order valence-electron chi connectivity index (χ1n) is 5.81. The predicted molar refractivity (Wildman–Crippen MR) is 61.8 cm³/mol. The molecule has 0 aliphatic heterocycles. The zero-order chi connectivity index (χ0) is 10.7. The van der Waals surface area contributed by atoms with Crippen LogP contribution in [-0.2, 0) is 0 Å². The number of anilines is 1. The molecule has 0 radical (unpaired) electrons. The lowest BCUT2D eigenvalue weighted by Crippen LogP contribution is -2.31. The van der Waals surface area contributed by atoms with Gasteiger partial charge >= 0.3 is 0 Å². The van der Waals surface area contributed by atoms with E-state index < -0.39 is 0 Å². The van der Waals surface area contributed by atoms with Crippen LogP contribution in [0, 0.1) is 12.8 Å². The fourth-order valence-corrected chi connectivity index (χ4v) is 2.16. The Morgan fingerprint density at radius 2 is 1.87 bits per heavy atom. The summed E-state index contributed by atoms with van der Waals surface area (Å²) in [6.07, 6.45) is 9.00. The van der Waals surface area contributed by atoms with Crippen molar-refractivity contribution in [2.45, 2.75) is 45.6 Å². The second kappa shape index (κ2) is 4.60. The highest BCUT2D eigenvalue weighted by Crippen LogP contribution is 2.25. The molecule has 1 aliphatic carbocycles. The van der Waals surface area contributed by atoms with E-state index in [1.54, 1.807) is 0 Å². The first kappa shape index (κ1) is 10.4. The molecule has 1 N–H and O–H groups in total. The van der Waals surface area contributed by atoms with Crippen molar-refractivity contribution >= 4 is 5.95 Å². The lowest BCUT2D eigenvalue weighted by Gasteiger charge is -2.29. The van der Waals surface area contributed by atoms with Gasteiger partial charge in [-0.1, -0.05) is 19.8 Å².